The highest BCUT2D eigenvalue weighted by Gasteiger charge is 2.28. The van der Waals surface area contributed by atoms with Crippen LogP contribution in [0, 0.1) is 20.8 Å². The first-order chi connectivity index (χ1) is 13.8. The number of nitrogens with zero attached hydrogens (tertiary/aromatic N) is 1. The van der Waals surface area contributed by atoms with Crippen LogP contribution in [0.4, 0.5) is 5.69 Å². The number of hydrogen-bond donors (Lipinski definition) is 1. The Kier molecular flexibility index (Phi) is 6.20. The first-order valence-corrected chi connectivity index (χ1v) is 10.7. The van der Waals surface area contributed by atoms with Gasteiger partial charge in [-0.15, -0.1) is 0 Å². The van der Waals surface area contributed by atoms with Gasteiger partial charge in [0.05, 0.1) is 24.2 Å². The quantitative estimate of drug-likeness (QED) is 0.635. The summed E-state index contributed by atoms with van der Waals surface area (Å²) in [6, 6.07) is 15.6. The summed E-state index contributed by atoms with van der Waals surface area (Å²) in [7, 11) is -3.89. The fourth-order valence-corrected chi connectivity index (χ4v) is 4.33. The van der Waals surface area contributed by atoms with Crippen molar-refractivity contribution in [1.82, 2.24) is 4.31 Å². The minimum absolute atomic E-state index is 0.0382. The molecular weight excluding hydrogens is 388 g/mol. The van der Waals surface area contributed by atoms with Gasteiger partial charge in [0.1, 0.15) is 5.76 Å². The number of rotatable bonds is 7. The summed E-state index contributed by atoms with van der Waals surface area (Å²) in [6.07, 6.45) is 1.47. The van der Waals surface area contributed by atoms with E-state index < -0.39 is 15.9 Å². The van der Waals surface area contributed by atoms with Crippen LogP contribution in [0.1, 0.15) is 22.5 Å². The number of carbonyl (C=O) groups is 1. The van der Waals surface area contributed by atoms with E-state index in [0.29, 0.717) is 11.4 Å². The molecular formula is C22H24N2O4S. The summed E-state index contributed by atoms with van der Waals surface area (Å²) in [5.41, 5.74) is 3.61. The van der Waals surface area contributed by atoms with Crippen LogP contribution >= 0.6 is 0 Å². The van der Waals surface area contributed by atoms with Gasteiger partial charge in [-0.25, -0.2) is 8.42 Å². The van der Waals surface area contributed by atoms with Gasteiger partial charge in [-0.1, -0.05) is 35.4 Å². The SMILES string of the molecule is Cc1ccc(S(=O)(=O)N(CC(=O)Nc2ccc(C)cc2C)Cc2ccco2)cc1. The highest BCUT2D eigenvalue weighted by Crippen LogP contribution is 2.20. The van der Waals surface area contributed by atoms with E-state index in [-0.39, 0.29) is 18.0 Å². The van der Waals surface area contributed by atoms with Crippen molar-refractivity contribution in [3.8, 4) is 0 Å². The largest absolute Gasteiger partial charge is 0.468 e. The molecule has 1 aromatic heterocycles. The molecule has 0 radical (unpaired) electrons. The van der Waals surface area contributed by atoms with Crippen LogP contribution in [-0.4, -0.2) is 25.2 Å². The van der Waals surface area contributed by atoms with E-state index in [1.54, 1.807) is 36.4 Å². The van der Waals surface area contributed by atoms with Crippen LogP contribution < -0.4 is 5.32 Å². The van der Waals surface area contributed by atoms with E-state index in [1.165, 1.54) is 6.26 Å². The molecule has 0 unspecified atom stereocenters. The number of furan rings is 1. The number of carbonyl (C=O) groups excluding carboxylic acids is 1. The van der Waals surface area contributed by atoms with Gasteiger partial charge < -0.3 is 9.73 Å². The number of amides is 1. The zero-order valence-corrected chi connectivity index (χ0v) is 17.5. The molecule has 7 heteroatoms. The average Bonchev–Trinajstić information content (AvgIpc) is 3.17. The van der Waals surface area contributed by atoms with Crippen molar-refractivity contribution in [2.45, 2.75) is 32.2 Å². The Morgan fingerprint density at radius 2 is 1.69 bits per heavy atom. The van der Waals surface area contributed by atoms with Crippen LogP contribution in [0.2, 0.25) is 0 Å². The second-order valence-corrected chi connectivity index (χ2v) is 8.97. The summed E-state index contributed by atoms with van der Waals surface area (Å²) in [5.74, 6) is 0.0409. The van der Waals surface area contributed by atoms with Gasteiger partial charge in [-0.05, 0) is 56.7 Å². The van der Waals surface area contributed by atoms with E-state index in [4.69, 9.17) is 4.42 Å². The Morgan fingerprint density at radius 1 is 1.00 bits per heavy atom. The third kappa shape index (κ3) is 5.13. The molecule has 0 aliphatic heterocycles. The number of hydrogen-bond acceptors (Lipinski definition) is 4. The smallest absolute Gasteiger partial charge is 0.243 e. The molecule has 3 rings (SSSR count). The van der Waals surface area contributed by atoms with Gasteiger partial charge in [-0.3, -0.25) is 4.79 Å². The molecule has 6 nitrogen and oxygen atoms in total. The van der Waals surface area contributed by atoms with Gasteiger partial charge in [0, 0.05) is 5.69 Å². The number of sulfonamides is 1. The standard InChI is InChI=1S/C22H24N2O4S/c1-16-6-9-20(10-7-16)29(26,27)24(14-19-5-4-12-28-19)15-22(25)23-21-11-8-17(2)13-18(21)3/h4-13H,14-15H2,1-3H3,(H,23,25). The van der Waals surface area contributed by atoms with Crippen LogP contribution in [0.3, 0.4) is 0 Å². The molecule has 1 heterocycles. The minimum Gasteiger partial charge on any atom is -0.468 e. The van der Waals surface area contributed by atoms with Crippen molar-refractivity contribution in [1.29, 1.82) is 0 Å². The third-order valence-corrected chi connectivity index (χ3v) is 6.35. The van der Waals surface area contributed by atoms with E-state index in [1.807, 2.05) is 39.0 Å². The highest BCUT2D eigenvalue weighted by molar-refractivity contribution is 7.89. The maximum absolute atomic E-state index is 13.2. The van der Waals surface area contributed by atoms with Gasteiger partial charge in [0.25, 0.3) is 0 Å². The van der Waals surface area contributed by atoms with Crippen LogP contribution in [0.5, 0.6) is 0 Å². The van der Waals surface area contributed by atoms with Crippen molar-refractivity contribution in [3.63, 3.8) is 0 Å². The number of aryl methyl sites for hydroxylation is 3. The van der Waals surface area contributed by atoms with Crippen molar-refractivity contribution < 1.29 is 17.6 Å². The first kappa shape index (κ1) is 20.8. The van der Waals surface area contributed by atoms with Gasteiger partial charge in [-0.2, -0.15) is 4.31 Å². The molecule has 1 amide bonds. The molecule has 0 spiro atoms. The van der Waals surface area contributed by atoms with Crippen LogP contribution in [-0.2, 0) is 21.4 Å². The van der Waals surface area contributed by atoms with Gasteiger partial charge in [0.15, 0.2) is 0 Å². The van der Waals surface area contributed by atoms with Crippen LogP contribution in [0.25, 0.3) is 0 Å². The van der Waals surface area contributed by atoms with E-state index in [2.05, 4.69) is 5.32 Å². The summed E-state index contributed by atoms with van der Waals surface area (Å²) >= 11 is 0. The first-order valence-electron chi connectivity index (χ1n) is 9.22. The van der Waals surface area contributed by atoms with Gasteiger partial charge >= 0.3 is 0 Å². The van der Waals surface area contributed by atoms with Crippen molar-refractivity contribution in [2.75, 3.05) is 11.9 Å². The molecule has 0 saturated carbocycles. The van der Waals surface area contributed by atoms with Crippen LogP contribution in [0.15, 0.2) is 70.2 Å². The number of nitrogens with one attached hydrogen (secondary N) is 1. The summed E-state index contributed by atoms with van der Waals surface area (Å²) < 4.78 is 32.8. The molecule has 1 N–H and O–H groups in total. The Balaban J connectivity index is 1.85. The molecule has 3 aromatic rings. The monoisotopic (exact) mass is 412 g/mol. The molecule has 152 valence electrons. The van der Waals surface area contributed by atoms with Gasteiger partial charge in [0.2, 0.25) is 15.9 Å². The topological polar surface area (TPSA) is 79.6 Å². The molecule has 0 saturated heterocycles. The second-order valence-electron chi connectivity index (χ2n) is 7.03. The lowest BCUT2D eigenvalue weighted by atomic mass is 10.1. The highest BCUT2D eigenvalue weighted by atomic mass is 32.2. The predicted octanol–water partition coefficient (Wildman–Crippen LogP) is 4.03. The Morgan fingerprint density at radius 3 is 2.31 bits per heavy atom. The molecule has 2 aromatic carbocycles. The molecule has 29 heavy (non-hydrogen) atoms. The number of benzene rings is 2. The summed E-state index contributed by atoms with van der Waals surface area (Å²) in [4.78, 5) is 12.8. The lowest BCUT2D eigenvalue weighted by Crippen LogP contribution is -2.37. The van der Waals surface area contributed by atoms with E-state index >= 15 is 0 Å². The molecule has 0 fully saturated rings. The Bertz CT molecular complexity index is 1090. The van der Waals surface area contributed by atoms with Crippen molar-refractivity contribution >= 4 is 21.6 Å². The van der Waals surface area contributed by atoms with E-state index in [9.17, 15) is 13.2 Å². The molecule has 0 aliphatic carbocycles. The third-order valence-electron chi connectivity index (χ3n) is 4.55. The predicted molar refractivity (Wildman–Crippen MR) is 112 cm³/mol. The Labute approximate surface area is 171 Å². The normalized spacial score (nSPS) is 11.6. The zero-order valence-electron chi connectivity index (χ0n) is 16.7. The zero-order chi connectivity index (χ0) is 21.0. The lowest BCUT2D eigenvalue weighted by Gasteiger charge is -2.21. The Hall–Kier alpha value is -2.90. The average molecular weight is 413 g/mol. The molecule has 0 aliphatic rings. The van der Waals surface area contributed by atoms with Crippen molar-refractivity contribution in [2.24, 2.45) is 0 Å². The molecule has 0 bridgehead atoms. The van der Waals surface area contributed by atoms with E-state index in [0.717, 1.165) is 21.0 Å². The fraction of sp³-hybridized carbons (Fsp3) is 0.227. The minimum atomic E-state index is -3.89. The summed E-state index contributed by atoms with van der Waals surface area (Å²) in [5, 5.41) is 2.80. The summed E-state index contributed by atoms with van der Waals surface area (Å²) in [6.45, 7) is 5.38. The number of anilines is 1. The fourth-order valence-electron chi connectivity index (χ4n) is 2.97. The second kappa shape index (κ2) is 8.63. The molecule has 0 atom stereocenters. The maximum Gasteiger partial charge on any atom is 0.243 e. The van der Waals surface area contributed by atoms with Crippen molar-refractivity contribution in [3.05, 3.63) is 83.3 Å². The lowest BCUT2D eigenvalue weighted by molar-refractivity contribution is -0.116. The maximum atomic E-state index is 13.2.